The van der Waals surface area contributed by atoms with Gasteiger partial charge in [0.1, 0.15) is 5.01 Å². The van der Waals surface area contributed by atoms with E-state index in [2.05, 4.69) is 17.2 Å². The lowest BCUT2D eigenvalue weighted by molar-refractivity contribution is -0.0442. The molecule has 4 nitrogen and oxygen atoms in total. The maximum atomic E-state index is 6.23. The summed E-state index contributed by atoms with van der Waals surface area (Å²) < 4.78 is 10.9. The first-order valence-corrected chi connectivity index (χ1v) is 8.57. The highest BCUT2D eigenvalue weighted by atomic mass is 35.5. The molecule has 1 saturated heterocycles. The fourth-order valence-corrected chi connectivity index (χ4v) is 3.67. The van der Waals surface area contributed by atoms with Gasteiger partial charge in [-0.2, -0.15) is 0 Å². The number of halogens is 2. The number of ether oxygens (including phenoxy) is 2. The largest absolute Gasteiger partial charge is 0.344 e. The second-order valence-corrected chi connectivity index (χ2v) is 7.00. The molecule has 1 aliphatic heterocycles. The summed E-state index contributed by atoms with van der Waals surface area (Å²) in [6.07, 6.45) is 1.55. The van der Waals surface area contributed by atoms with E-state index in [-0.39, 0.29) is 12.3 Å². The van der Waals surface area contributed by atoms with Crippen LogP contribution in [0.25, 0.3) is 0 Å². The summed E-state index contributed by atoms with van der Waals surface area (Å²) in [6.45, 7) is 4.04. The van der Waals surface area contributed by atoms with Crippen LogP contribution in [-0.4, -0.2) is 18.2 Å². The topological polar surface area (TPSA) is 43.4 Å². The summed E-state index contributed by atoms with van der Waals surface area (Å²) in [4.78, 5) is 5.49. The molecule has 0 aliphatic carbocycles. The lowest BCUT2D eigenvalue weighted by atomic mass is 10.1. The minimum Gasteiger partial charge on any atom is -0.344 e. The van der Waals surface area contributed by atoms with Crippen molar-refractivity contribution in [3.8, 4) is 0 Å². The smallest absolute Gasteiger partial charge is 0.211 e. The molecule has 0 bridgehead atoms. The second-order valence-electron chi connectivity index (χ2n) is 5.01. The highest BCUT2D eigenvalue weighted by Crippen LogP contribution is 2.29. The van der Waals surface area contributed by atoms with Crippen molar-refractivity contribution in [1.82, 2.24) is 10.3 Å². The van der Waals surface area contributed by atoms with Crippen LogP contribution in [0, 0.1) is 0 Å². The van der Waals surface area contributed by atoms with Crippen molar-refractivity contribution in [3.63, 3.8) is 0 Å². The van der Waals surface area contributed by atoms with Crippen molar-refractivity contribution < 1.29 is 9.47 Å². The van der Waals surface area contributed by atoms with E-state index in [4.69, 9.17) is 32.7 Å². The van der Waals surface area contributed by atoms with Gasteiger partial charge in [0.15, 0.2) is 0 Å². The molecule has 22 heavy (non-hydrogen) atoms. The fourth-order valence-electron chi connectivity index (χ4n) is 2.23. The Morgan fingerprint density at radius 2 is 2.14 bits per heavy atom. The van der Waals surface area contributed by atoms with Gasteiger partial charge in [0.25, 0.3) is 0 Å². The zero-order chi connectivity index (χ0) is 15.5. The van der Waals surface area contributed by atoms with Crippen molar-refractivity contribution >= 4 is 34.5 Å². The summed E-state index contributed by atoms with van der Waals surface area (Å²) in [6, 6.07) is 5.67. The summed E-state index contributed by atoms with van der Waals surface area (Å²) in [5.74, 6) is 0. The molecule has 7 heteroatoms. The van der Waals surface area contributed by atoms with Crippen LogP contribution in [0.3, 0.4) is 0 Å². The fraction of sp³-hybridized carbons (Fsp3) is 0.400. The molecule has 1 aromatic carbocycles. The van der Waals surface area contributed by atoms with Gasteiger partial charge in [-0.05, 0) is 24.6 Å². The van der Waals surface area contributed by atoms with Gasteiger partial charge in [-0.25, -0.2) is 4.98 Å². The molecule has 1 fully saturated rings. The summed E-state index contributed by atoms with van der Waals surface area (Å²) in [5.41, 5.74) is 1.03. The van der Waals surface area contributed by atoms with E-state index < -0.39 is 0 Å². The number of thiazole rings is 1. The monoisotopic (exact) mass is 358 g/mol. The predicted molar refractivity (Wildman–Crippen MR) is 88.5 cm³/mol. The highest BCUT2D eigenvalue weighted by molar-refractivity contribution is 7.11. The van der Waals surface area contributed by atoms with Gasteiger partial charge in [-0.3, -0.25) is 0 Å². The van der Waals surface area contributed by atoms with Crippen molar-refractivity contribution in [3.05, 3.63) is 49.9 Å². The predicted octanol–water partition coefficient (Wildman–Crippen LogP) is 4.35. The Balaban J connectivity index is 1.59. The molecule has 1 N–H and O–H groups in total. The minimum atomic E-state index is -0.304. The van der Waals surface area contributed by atoms with Crippen LogP contribution < -0.4 is 5.32 Å². The van der Waals surface area contributed by atoms with E-state index >= 15 is 0 Å². The molecule has 0 unspecified atom stereocenters. The SMILES string of the molecule is C[C@H](NCc1cnc(C2OCCO2)s1)c1ccc(Cl)cc1Cl. The number of aromatic nitrogens is 1. The second kappa shape index (κ2) is 7.25. The van der Waals surface area contributed by atoms with Crippen molar-refractivity contribution in [2.45, 2.75) is 25.8 Å². The van der Waals surface area contributed by atoms with Crippen molar-refractivity contribution in [2.75, 3.05) is 13.2 Å². The number of rotatable bonds is 5. The van der Waals surface area contributed by atoms with Crippen LogP contribution >= 0.6 is 34.5 Å². The Labute approximate surface area is 143 Å². The molecule has 0 saturated carbocycles. The first kappa shape index (κ1) is 16.2. The molecular weight excluding hydrogens is 343 g/mol. The number of hydrogen-bond donors (Lipinski definition) is 1. The van der Waals surface area contributed by atoms with Gasteiger partial charge < -0.3 is 14.8 Å². The quantitative estimate of drug-likeness (QED) is 0.862. The van der Waals surface area contributed by atoms with E-state index in [0.29, 0.717) is 29.8 Å². The van der Waals surface area contributed by atoms with Crippen LogP contribution in [0.2, 0.25) is 10.0 Å². The minimum absolute atomic E-state index is 0.120. The molecule has 1 atom stereocenters. The van der Waals surface area contributed by atoms with E-state index in [1.807, 2.05) is 18.3 Å². The van der Waals surface area contributed by atoms with Gasteiger partial charge in [0.2, 0.25) is 6.29 Å². The maximum absolute atomic E-state index is 6.23. The van der Waals surface area contributed by atoms with Crippen LogP contribution in [0.4, 0.5) is 0 Å². The van der Waals surface area contributed by atoms with Gasteiger partial charge in [0, 0.05) is 33.7 Å². The average Bonchev–Trinajstić information content (AvgIpc) is 3.16. The summed E-state index contributed by atoms with van der Waals surface area (Å²) in [7, 11) is 0. The van der Waals surface area contributed by atoms with Gasteiger partial charge in [0.05, 0.1) is 13.2 Å². The van der Waals surface area contributed by atoms with E-state index in [9.17, 15) is 0 Å². The van der Waals surface area contributed by atoms with Gasteiger partial charge in [-0.1, -0.05) is 29.3 Å². The molecule has 0 amide bonds. The highest BCUT2D eigenvalue weighted by Gasteiger charge is 2.21. The van der Waals surface area contributed by atoms with Crippen molar-refractivity contribution in [2.24, 2.45) is 0 Å². The number of nitrogens with one attached hydrogen (secondary N) is 1. The third-order valence-electron chi connectivity index (χ3n) is 3.41. The molecular formula is C15H16Cl2N2O2S. The lowest BCUT2D eigenvalue weighted by Crippen LogP contribution is -2.17. The molecule has 0 radical (unpaired) electrons. The Kier molecular flexibility index (Phi) is 5.33. The lowest BCUT2D eigenvalue weighted by Gasteiger charge is -2.15. The normalized spacial score (nSPS) is 17.0. The van der Waals surface area contributed by atoms with Crippen LogP contribution in [0.5, 0.6) is 0 Å². The third kappa shape index (κ3) is 3.79. The molecule has 2 aromatic rings. The van der Waals surface area contributed by atoms with E-state index in [1.54, 1.807) is 17.4 Å². The Morgan fingerprint density at radius 3 is 2.86 bits per heavy atom. The average molecular weight is 359 g/mol. The van der Waals surface area contributed by atoms with Gasteiger partial charge in [-0.15, -0.1) is 11.3 Å². The molecule has 2 heterocycles. The standard InChI is InChI=1S/C15H16Cl2N2O2S/c1-9(12-3-2-10(16)6-13(12)17)18-7-11-8-19-14(22-11)15-20-4-5-21-15/h2-3,6,8-9,15,18H,4-5,7H2,1H3/t9-/m0/s1. The first-order valence-electron chi connectivity index (χ1n) is 6.99. The molecule has 1 aromatic heterocycles. The molecule has 3 rings (SSSR count). The zero-order valence-electron chi connectivity index (χ0n) is 12.0. The van der Waals surface area contributed by atoms with Gasteiger partial charge >= 0.3 is 0 Å². The van der Waals surface area contributed by atoms with Crippen LogP contribution in [0.15, 0.2) is 24.4 Å². The van der Waals surface area contributed by atoms with Crippen molar-refractivity contribution in [1.29, 1.82) is 0 Å². The molecule has 118 valence electrons. The number of hydrogen-bond acceptors (Lipinski definition) is 5. The van der Waals surface area contributed by atoms with Crippen LogP contribution in [-0.2, 0) is 16.0 Å². The summed E-state index contributed by atoms with van der Waals surface area (Å²) in [5, 5.41) is 5.62. The van der Waals surface area contributed by atoms with E-state index in [1.165, 1.54) is 0 Å². The number of nitrogens with zero attached hydrogens (tertiary/aromatic N) is 1. The Bertz CT molecular complexity index is 644. The molecule has 0 spiro atoms. The number of benzene rings is 1. The Hall–Kier alpha value is -0.690. The van der Waals surface area contributed by atoms with Crippen LogP contribution in [0.1, 0.15) is 34.7 Å². The maximum Gasteiger partial charge on any atom is 0.211 e. The summed E-state index contributed by atoms with van der Waals surface area (Å²) >= 11 is 13.7. The molecule has 1 aliphatic rings. The Morgan fingerprint density at radius 1 is 1.36 bits per heavy atom. The first-order chi connectivity index (χ1) is 10.6. The van der Waals surface area contributed by atoms with E-state index in [0.717, 1.165) is 15.4 Å². The zero-order valence-corrected chi connectivity index (χ0v) is 14.3. The third-order valence-corrected chi connectivity index (χ3v) is 4.99.